The molecule has 0 fully saturated rings. The van der Waals surface area contributed by atoms with E-state index in [4.69, 9.17) is 5.73 Å². The van der Waals surface area contributed by atoms with Crippen LogP contribution in [-0.4, -0.2) is 24.4 Å². The lowest BCUT2D eigenvalue weighted by Gasteiger charge is -2.08. The van der Waals surface area contributed by atoms with E-state index in [1.165, 1.54) is 0 Å². The third kappa shape index (κ3) is 5.63. The van der Waals surface area contributed by atoms with Crippen LogP contribution in [0.5, 0.6) is 0 Å². The first-order valence-corrected chi connectivity index (χ1v) is 6.57. The number of anilines is 1. The first-order valence-electron chi connectivity index (χ1n) is 4.79. The van der Waals surface area contributed by atoms with Crippen LogP contribution < -0.4 is 11.1 Å². The molecule has 3 N–H and O–H groups in total. The second-order valence-electron chi connectivity index (χ2n) is 3.37. The Morgan fingerprint density at radius 1 is 1.44 bits per heavy atom. The van der Waals surface area contributed by atoms with E-state index in [0.717, 1.165) is 16.7 Å². The molecule has 0 spiro atoms. The van der Waals surface area contributed by atoms with Gasteiger partial charge in [0.15, 0.2) is 0 Å². The molecule has 1 rings (SSSR count). The highest BCUT2D eigenvalue weighted by atomic mass is 79.9. The van der Waals surface area contributed by atoms with Gasteiger partial charge in [-0.15, -0.1) is 11.8 Å². The largest absolute Gasteiger partial charge is 0.405 e. The average molecular weight is 343 g/mol. The minimum Gasteiger partial charge on any atom is -0.399 e. The van der Waals surface area contributed by atoms with Crippen LogP contribution >= 0.6 is 27.7 Å². The molecule has 1 amide bonds. The van der Waals surface area contributed by atoms with Gasteiger partial charge in [-0.3, -0.25) is 4.79 Å². The first-order chi connectivity index (χ1) is 8.28. The fourth-order valence-electron chi connectivity index (χ4n) is 1.03. The fraction of sp³-hybridized carbons (Fsp3) is 0.300. The summed E-state index contributed by atoms with van der Waals surface area (Å²) >= 11 is 4.39. The van der Waals surface area contributed by atoms with E-state index in [0.29, 0.717) is 10.2 Å². The van der Waals surface area contributed by atoms with Gasteiger partial charge in [0.2, 0.25) is 5.91 Å². The van der Waals surface area contributed by atoms with Crippen LogP contribution in [0, 0.1) is 0 Å². The zero-order valence-corrected chi connectivity index (χ0v) is 11.5. The van der Waals surface area contributed by atoms with Crippen molar-refractivity contribution < 1.29 is 18.0 Å². The molecule has 0 unspecified atom stereocenters. The molecule has 0 aliphatic rings. The maximum Gasteiger partial charge on any atom is 0.405 e. The number of nitrogens with two attached hydrogens (primary N) is 1. The Bertz CT molecular complexity index is 440. The molecule has 0 heterocycles. The standard InChI is InChI=1S/C10H10BrF3N2OS/c11-7-3-6(15)1-2-8(7)18-4-9(17)16-5-10(12,13)14/h1-3H,4-5,15H2,(H,16,17). The Labute approximate surface area is 114 Å². The van der Waals surface area contributed by atoms with Gasteiger partial charge in [-0.1, -0.05) is 0 Å². The van der Waals surface area contributed by atoms with Gasteiger partial charge in [-0.2, -0.15) is 13.2 Å². The molecule has 0 saturated carbocycles. The molecule has 0 aliphatic carbocycles. The number of thioether (sulfide) groups is 1. The van der Waals surface area contributed by atoms with E-state index in [9.17, 15) is 18.0 Å². The van der Waals surface area contributed by atoms with E-state index in [2.05, 4.69) is 15.9 Å². The highest BCUT2D eigenvalue weighted by Gasteiger charge is 2.27. The molecule has 0 bridgehead atoms. The Kier molecular flexibility index (Phi) is 5.33. The van der Waals surface area contributed by atoms with Crippen molar-refractivity contribution in [3.05, 3.63) is 22.7 Å². The van der Waals surface area contributed by atoms with Crippen LogP contribution in [0.3, 0.4) is 0 Å². The van der Waals surface area contributed by atoms with Gasteiger partial charge in [-0.05, 0) is 34.1 Å². The second kappa shape index (κ2) is 6.33. The topological polar surface area (TPSA) is 55.1 Å². The minimum absolute atomic E-state index is 0.0847. The van der Waals surface area contributed by atoms with Gasteiger partial charge in [-0.25, -0.2) is 0 Å². The molecule has 100 valence electrons. The van der Waals surface area contributed by atoms with Crippen molar-refractivity contribution in [2.45, 2.75) is 11.1 Å². The number of hydrogen-bond acceptors (Lipinski definition) is 3. The zero-order chi connectivity index (χ0) is 13.8. The van der Waals surface area contributed by atoms with E-state index in [-0.39, 0.29) is 5.75 Å². The molecule has 1 aromatic rings. The molecule has 0 atom stereocenters. The molecule has 1 aromatic carbocycles. The van der Waals surface area contributed by atoms with E-state index >= 15 is 0 Å². The summed E-state index contributed by atoms with van der Waals surface area (Å²) in [6.45, 7) is -1.31. The second-order valence-corrected chi connectivity index (χ2v) is 5.24. The maximum atomic E-state index is 11.8. The van der Waals surface area contributed by atoms with Gasteiger partial charge in [0.1, 0.15) is 6.54 Å². The normalized spacial score (nSPS) is 11.3. The Balaban J connectivity index is 2.43. The quantitative estimate of drug-likeness (QED) is 0.653. The van der Waals surface area contributed by atoms with Crippen molar-refractivity contribution in [2.24, 2.45) is 0 Å². The van der Waals surface area contributed by atoms with E-state index < -0.39 is 18.6 Å². The van der Waals surface area contributed by atoms with Crippen LogP contribution in [0.1, 0.15) is 0 Å². The minimum atomic E-state index is -4.39. The lowest BCUT2D eigenvalue weighted by molar-refractivity contribution is -0.136. The predicted molar refractivity (Wildman–Crippen MR) is 68.3 cm³/mol. The lowest BCUT2D eigenvalue weighted by atomic mass is 10.3. The van der Waals surface area contributed by atoms with Crippen molar-refractivity contribution in [1.29, 1.82) is 0 Å². The highest BCUT2D eigenvalue weighted by molar-refractivity contribution is 9.10. The van der Waals surface area contributed by atoms with Crippen molar-refractivity contribution in [2.75, 3.05) is 18.0 Å². The monoisotopic (exact) mass is 342 g/mol. The number of rotatable bonds is 4. The van der Waals surface area contributed by atoms with Gasteiger partial charge >= 0.3 is 6.18 Å². The summed E-state index contributed by atoms with van der Waals surface area (Å²) in [5.41, 5.74) is 6.10. The molecule has 18 heavy (non-hydrogen) atoms. The number of halogens is 4. The molecule has 8 heteroatoms. The summed E-state index contributed by atoms with van der Waals surface area (Å²) in [4.78, 5) is 11.9. The summed E-state index contributed by atoms with van der Waals surface area (Å²) in [6, 6.07) is 5.01. The number of nitrogens with one attached hydrogen (secondary N) is 1. The summed E-state index contributed by atoms with van der Waals surface area (Å²) < 4.78 is 36.2. The van der Waals surface area contributed by atoms with Crippen LogP contribution in [0.4, 0.5) is 18.9 Å². The summed E-state index contributed by atoms with van der Waals surface area (Å²) in [5, 5.41) is 1.80. The van der Waals surface area contributed by atoms with Crippen molar-refractivity contribution in [3.63, 3.8) is 0 Å². The van der Waals surface area contributed by atoms with Crippen LogP contribution in [0.25, 0.3) is 0 Å². The van der Waals surface area contributed by atoms with Gasteiger partial charge in [0.05, 0.1) is 5.75 Å². The average Bonchev–Trinajstić information content (AvgIpc) is 2.24. The van der Waals surface area contributed by atoms with E-state index in [1.807, 2.05) is 0 Å². The number of nitrogen functional groups attached to an aromatic ring is 1. The molecule has 0 aromatic heterocycles. The number of benzene rings is 1. The first kappa shape index (κ1) is 15.2. The van der Waals surface area contributed by atoms with Crippen molar-refractivity contribution >= 4 is 39.3 Å². The molecule has 0 radical (unpaired) electrons. The van der Waals surface area contributed by atoms with Gasteiger partial charge < -0.3 is 11.1 Å². The van der Waals surface area contributed by atoms with Crippen LogP contribution in [0.15, 0.2) is 27.6 Å². The van der Waals surface area contributed by atoms with Gasteiger partial charge in [0, 0.05) is 15.1 Å². The molecule has 0 saturated heterocycles. The molecule has 3 nitrogen and oxygen atoms in total. The third-order valence-electron chi connectivity index (χ3n) is 1.80. The summed E-state index contributed by atoms with van der Waals surface area (Å²) in [5.74, 6) is -0.750. The maximum absolute atomic E-state index is 11.8. The van der Waals surface area contributed by atoms with Crippen LogP contribution in [-0.2, 0) is 4.79 Å². The number of amides is 1. The Morgan fingerprint density at radius 2 is 2.11 bits per heavy atom. The predicted octanol–water partition coefficient (Wildman–Crippen LogP) is 2.80. The smallest absolute Gasteiger partial charge is 0.399 e. The Hall–Kier alpha value is -0.890. The molecule has 0 aliphatic heterocycles. The Morgan fingerprint density at radius 3 is 2.67 bits per heavy atom. The lowest BCUT2D eigenvalue weighted by Crippen LogP contribution is -2.34. The molecular weight excluding hydrogens is 333 g/mol. The number of carbonyl (C=O) groups is 1. The zero-order valence-electron chi connectivity index (χ0n) is 9.05. The SMILES string of the molecule is Nc1ccc(SCC(=O)NCC(F)(F)F)c(Br)c1. The van der Waals surface area contributed by atoms with Crippen molar-refractivity contribution in [3.8, 4) is 0 Å². The molecular formula is C10H10BrF3N2OS. The number of alkyl halides is 3. The van der Waals surface area contributed by atoms with Gasteiger partial charge in [0.25, 0.3) is 0 Å². The highest BCUT2D eigenvalue weighted by Crippen LogP contribution is 2.29. The van der Waals surface area contributed by atoms with E-state index in [1.54, 1.807) is 23.5 Å². The fourth-order valence-corrected chi connectivity index (χ4v) is 2.52. The summed E-state index contributed by atoms with van der Waals surface area (Å²) in [6.07, 6.45) is -4.39. The number of hydrogen-bond donors (Lipinski definition) is 2. The third-order valence-corrected chi connectivity index (χ3v) is 3.79. The van der Waals surface area contributed by atoms with Crippen molar-refractivity contribution in [1.82, 2.24) is 5.32 Å². The summed E-state index contributed by atoms with van der Waals surface area (Å²) in [7, 11) is 0. The number of carbonyl (C=O) groups excluding carboxylic acids is 1. The van der Waals surface area contributed by atoms with Crippen LogP contribution in [0.2, 0.25) is 0 Å².